The summed E-state index contributed by atoms with van der Waals surface area (Å²) >= 11 is 0. The van der Waals surface area contributed by atoms with Gasteiger partial charge in [0.15, 0.2) is 0 Å². The fourth-order valence-corrected chi connectivity index (χ4v) is 4.46. The standard InChI is InChI=1S/C31H35N3O4/c1-5-38-26-17-15-25(16-18-26)34-30(32-28-14-10-9-13-27(28)31(34)36)23(4)33(19-22(2)3)29(35)21-37-20-24-11-7-6-8-12-24/h6-18,22-23H,5,19-21H2,1-4H3. The molecule has 0 bridgehead atoms. The lowest BCUT2D eigenvalue weighted by Crippen LogP contribution is -2.41. The van der Waals surface area contributed by atoms with Crippen LogP contribution >= 0.6 is 0 Å². The van der Waals surface area contributed by atoms with Crippen molar-refractivity contribution in [1.29, 1.82) is 0 Å². The summed E-state index contributed by atoms with van der Waals surface area (Å²) in [6.07, 6.45) is 0. The number of rotatable bonds is 11. The van der Waals surface area contributed by atoms with Crippen LogP contribution in [0.3, 0.4) is 0 Å². The first-order valence-corrected chi connectivity index (χ1v) is 13.0. The van der Waals surface area contributed by atoms with E-state index in [-0.39, 0.29) is 24.0 Å². The molecule has 7 heteroatoms. The fourth-order valence-electron chi connectivity index (χ4n) is 4.46. The largest absolute Gasteiger partial charge is 0.494 e. The first-order chi connectivity index (χ1) is 18.4. The molecule has 1 atom stereocenters. The lowest BCUT2D eigenvalue weighted by Gasteiger charge is -2.32. The number of nitrogens with zero attached hydrogens (tertiary/aromatic N) is 3. The monoisotopic (exact) mass is 513 g/mol. The van der Waals surface area contributed by atoms with Crippen LogP contribution in [-0.4, -0.2) is 40.1 Å². The Hall–Kier alpha value is -3.97. The molecule has 3 aromatic carbocycles. The predicted molar refractivity (Wildman–Crippen MR) is 150 cm³/mol. The van der Waals surface area contributed by atoms with Crippen LogP contribution < -0.4 is 10.3 Å². The second-order valence-corrected chi connectivity index (χ2v) is 9.65. The van der Waals surface area contributed by atoms with Crippen LogP contribution in [0.15, 0.2) is 83.7 Å². The molecule has 1 heterocycles. The number of benzene rings is 3. The molecule has 4 aromatic rings. The minimum atomic E-state index is -0.478. The van der Waals surface area contributed by atoms with Crippen molar-refractivity contribution in [3.8, 4) is 11.4 Å². The van der Waals surface area contributed by atoms with Crippen LogP contribution in [0.2, 0.25) is 0 Å². The second-order valence-electron chi connectivity index (χ2n) is 9.65. The van der Waals surface area contributed by atoms with E-state index in [0.29, 0.717) is 42.2 Å². The molecular formula is C31H35N3O4. The summed E-state index contributed by atoms with van der Waals surface area (Å²) in [4.78, 5) is 33.9. The highest BCUT2D eigenvalue weighted by atomic mass is 16.5. The average Bonchev–Trinajstić information content (AvgIpc) is 2.92. The number of aromatic nitrogens is 2. The Morgan fingerprint density at radius 3 is 2.32 bits per heavy atom. The summed E-state index contributed by atoms with van der Waals surface area (Å²) in [5.41, 5.74) is 2.08. The highest BCUT2D eigenvalue weighted by molar-refractivity contribution is 5.79. The first-order valence-electron chi connectivity index (χ1n) is 13.0. The van der Waals surface area contributed by atoms with Gasteiger partial charge in [-0.3, -0.25) is 14.2 Å². The number of carbonyl (C=O) groups excluding carboxylic acids is 1. The Labute approximate surface area is 223 Å². The van der Waals surface area contributed by atoms with Gasteiger partial charge in [-0.1, -0.05) is 56.3 Å². The molecule has 0 aliphatic rings. The Kier molecular flexibility index (Phi) is 8.92. The zero-order chi connectivity index (χ0) is 27.1. The molecule has 0 fully saturated rings. The van der Waals surface area contributed by atoms with Gasteiger partial charge in [-0.25, -0.2) is 4.98 Å². The van der Waals surface area contributed by atoms with Gasteiger partial charge in [0.2, 0.25) is 5.91 Å². The molecule has 198 valence electrons. The first kappa shape index (κ1) is 27.1. The van der Waals surface area contributed by atoms with Gasteiger partial charge < -0.3 is 14.4 Å². The molecule has 4 rings (SSSR count). The van der Waals surface area contributed by atoms with E-state index >= 15 is 0 Å². The topological polar surface area (TPSA) is 73.7 Å². The second kappa shape index (κ2) is 12.5. The summed E-state index contributed by atoms with van der Waals surface area (Å²) in [5, 5.41) is 0.519. The zero-order valence-electron chi connectivity index (χ0n) is 22.5. The summed E-state index contributed by atoms with van der Waals surface area (Å²) in [7, 11) is 0. The number of carbonyl (C=O) groups is 1. The third-order valence-electron chi connectivity index (χ3n) is 6.27. The van der Waals surface area contributed by atoms with Crippen LogP contribution in [0.25, 0.3) is 16.6 Å². The van der Waals surface area contributed by atoms with Crippen molar-refractivity contribution in [3.05, 3.63) is 101 Å². The van der Waals surface area contributed by atoms with E-state index in [1.54, 1.807) is 15.5 Å². The van der Waals surface area contributed by atoms with Crippen LogP contribution in [-0.2, 0) is 16.1 Å². The van der Waals surface area contributed by atoms with Crippen molar-refractivity contribution in [2.24, 2.45) is 5.92 Å². The molecule has 0 spiro atoms. The number of para-hydroxylation sites is 1. The molecular weight excluding hydrogens is 478 g/mol. The van der Waals surface area contributed by atoms with E-state index in [9.17, 15) is 9.59 Å². The van der Waals surface area contributed by atoms with Crippen LogP contribution in [0.4, 0.5) is 0 Å². The lowest BCUT2D eigenvalue weighted by atomic mass is 10.1. The van der Waals surface area contributed by atoms with Crippen molar-refractivity contribution in [2.75, 3.05) is 19.8 Å². The van der Waals surface area contributed by atoms with Gasteiger partial charge in [0, 0.05) is 6.54 Å². The summed E-state index contributed by atoms with van der Waals surface area (Å²) in [5.74, 6) is 1.28. The van der Waals surface area contributed by atoms with E-state index in [2.05, 4.69) is 13.8 Å². The van der Waals surface area contributed by atoms with Crippen molar-refractivity contribution < 1.29 is 14.3 Å². The number of hydrogen-bond donors (Lipinski definition) is 0. The van der Waals surface area contributed by atoms with Crippen LogP contribution in [0.5, 0.6) is 5.75 Å². The molecule has 0 aliphatic carbocycles. The van der Waals surface area contributed by atoms with Gasteiger partial charge >= 0.3 is 0 Å². The smallest absolute Gasteiger partial charge is 0.266 e. The molecule has 1 aromatic heterocycles. The third kappa shape index (κ3) is 6.29. The van der Waals surface area contributed by atoms with E-state index in [1.807, 2.05) is 86.6 Å². The summed E-state index contributed by atoms with van der Waals surface area (Å²) < 4.78 is 13.0. The van der Waals surface area contributed by atoms with Crippen LogP contribution in [0, 0.1) is 5.92 Å². The highest BCUT2D eigenvalue weighted by Gasteiger charge is 2.27. The van der Waals surface area contributed by atoms with E-state index in [0.717, 1.165) is 11.3 Å². The van der Waals surface area contributed by atoms with Gasteiger partial charge in [-0.15, -0.1) is 0 Å². The van der Waals surface area contributed by atoms with E-state index < -0.39 is 6.04 Å². The molecule has 0 saturated heterocycles. The molecule has 0 N–H and O–H groups in total. The number of fused-ring (bicyclic) bond motifs is 1. The maximum absolute atomic E-state index is 13.8. The minimum Gasteiger partial charge on any atom is -0.494 e. The highest BCUT2D eigenvalue weighted by Crippen LogP contribution is 2.25. The van der Waals surface area contributed by atoms with E-state index in [4.69, 9.17) is 14.5 Å². The van der Waals surface area contributed by atoms with E-state index in [1.165, 1.54) is 0 Å². The molecule has 1 unspecified atom stereocenters. The number of hydrogen-bond acceptors (Lipinski definition) is 5. The zero-order valence-corrected chi connectivity index (χ0v) is 22.5. The molecule has 38 heavy (non-hydrogen) atoms. The van der Waals surface area contributed by atoms with Crippen molar-refractivity contribution >= 4 is 16.8 Å². The maximum atomic E-state index is 13.8. The fraction of sp³-hybridized carbons (Fsp3) is 0.323. The van der Waals surface area contributed by atoms with Gasteiger partial charge in [0.1, 0.15) is 18.2 Å². The minimum absolute atomic E-state index is 0.0627. The van der Waals surface area contributed by atoms with Gasteiger partial charge in [-0.05, 0) is 61.7 Å². The van der Waals surface area contributed by atoms with Crippen molar-refractivity contribution in [1.82, 2.24) is 14.5 Å². The SMILES string of the molecule is CCOc1ccc(-n2c(C(C)N(CC(C)C)C(=O)COCc3ccccc3)nc3ccccc3c2=O)cc1. The molecule has 0 radical (unpaired) electrons. The maximum Gasteiger partial charge on any atom is 0.266 e. The van der Waals surface area contributed by atoms with Crippen molar-refractivity contribution in [2.45, 2.75) is 40.3 Å². The Morgan fingerprint density at radius 2 is 1.63 bits per heavy atom. The summed E-state index contributed by atoms with van der Waals surface area (Å²) in [6.45, 7) is 9.30. The molecule has 1 amide bonds. The Balaban J connectivity index is 1.71. The van der Waals surface area contributed by atoms with Crippen molar-refractivity contribution in [3.63, 3.8) is 0 Å². The quantitative estimate of drug-likeness (QED) is 0.263. The number of amides is 1. The third-order valence-corrected chi connectivity index (χ3v) is 6.27. The molecule has 0 aliphatic heterocycles. The normalized spacial score (nSPS) is 12.0. The summed E-state index contributed by atoms with van der Waals surface area (Å²) in [6, 6.07) is 23.9. The van der Waals surface area contributed by atoms with Gasteiger partial charge in [0.25, 0.3) is 5.56 Å². The Morgan fingerprint density at radius 1 is 0.947 bits per heavy atom. The van der Waals surface area contributed by atoms with Gasteiger partial charge in [-0.2, -0.15) is 0 Å². The lowest BCUT2D eigenvalue weighted by molar-refractivity contribution is -0.139. The molecule has 0 saturated carbocycles. The Bertz CT molecular complexity index is 1420. The molecule has 7 nitrogen and oxygen atoms in total. The average molecular weight is 514 g/mol. The number of ether oxygens (including phenoxy) is 2. The predicted octanol–water partition coefficient (Wildman–Crippen LogP) is 5.55. The van der Waals surface area contributed by atoms with Gasteiger partial charge in [0.05, 0.1) is 35.8 Å². The van der Waals surface area contributed by atoms with Crippen LogP contribution in [0.1, 0.15) is 45.1 Å².